The summed E-state index contributed by atoms with van der Waals surface area (Å²) in [5.74, 6) is -0.133. The van der Waals surface area contributed by atoms with Crippen LogP contribution >= 0.6 is 0 Å². The Kier molecular flexibility index (Phi) is 5.19. The third kappa shape index (κ3) is 4.16. The number of carbonyl (C=O) groups excluding carboxylic acids is 1. The van der Waals surface area contributed by atoms with Crippen molar-refractivity contribution in [2.75, 3.05) is 5.32 Å². The van der Waals surface area contributed by atoms with E-state index in [4.69, 9.17) is 9.31 Å². The minimum absolute atomic E-state index is 0.0617. The van der Waals surface area contributed by atoms with Gasteiger partial charge in [0.25, 0.3) is 5.91 Å². The molecule has 1 aliphatic heterocycles. The number of benzene rings is 2. The summed E-state index contributed by atoms with van der Waals surface area (Å²) in [6, 6.07) is 15.4. The van der Waals surface area contributed by atoms with Crippen LogP contribution in [0.5, 0.6) is 0 Å². The van der Waals surface area contributed by atoms with Crippen molar-refractivity contribution in [1.29, 1.82) is 0 Å². The molecule has 4 nitrogen and oxygen atoms in total. The van der Waals surface area contributed by atoms with Crippen LogP contribution < -0.4 is 10.8 Å². The molecule has 0 bridgehead atoms. The maximum Gasteiger partial charge on any atom is 0.494 e. The highest BCUT2D eigenvalue weighted by Gasteiger charge is 2.51. The molecule has 0 atom stereocenters. The van der Waals surface area contributed by atoms with Crippen LogP contribution in [-0.4, -0.2) is 24.2 Å². The zero-order chi connectivity index (χ0) is 20.7. The molecule has 1 saturated heterocycles. The predicted octanol–water partition coefficient (Wildman–Crippen LogP) is 4.54. The van der Waals surface area contributed by atoms with Crippen molar-refractivity contribution in [2.45, 2.75) is 65.1 Å². The fraction of sp³-hybridized carbons (Fsp3) is 0.435. The first-order chi connectivity index (χ1) is 12.9. The van der Waals surface area contributed by atoms with E-state index in [2.05, 4.69) is 26.1 Å². The molecule has 2 aromatic carbocycles. The van der Waals surface area contributed by atoms with E-state index in [0.717, 1.165) is 11.2 Å². The molecule has 0 radical (unpaired) electrons. The topological polar surface area (TPSA) is 47.6 Å². The third-order valence-corrected chi connectivity index (χ3v) is 5.68. The Bertz CT molecular complexity index is 850. The fourth-order valence-electron chi connectivity index (χ4n) is 3.07. The lowest BCUT2D eigenvalue weighted by Gasteiger charge is -2.32. The molecule has 1 amide bonds. The highest BCUT2D eigenvalue weighted by Crippen LogP contribution is 2.36. The number of nitrogens with one attached hydrogen (secondary N) is 1. The summed E-state index contributed by atoms with van der Waals surface area (Å²) in [5.41, 5.74) is 2.71. The fourth-order valence-corrected chi connectivity index (χ4v) is 3.07. The van der Waals surface area contributed by atoms with Gasteiger partial charge < -0.3 is 14.6 Å². The second kappa shape index (κ2) is 7.05. The molecule has 5 heteroatoms. The first kappa shape index (κ1) is 20.6. The average Bonchev–Trinajstić information content (AvgIpc) is 2.82. The second-order valence-corrected chi connectivity index (χ2v) is 9.50. The summed E-state index contributed by atoms with van der Waals surface area (Å²) >= 11 is 0. The number of carbonyl (C=O) groups is 1. The Morgan fingerprint density at radius 2 is 1.50 bits per heavy atom. The molecule has 0 unspecified atom stereocenters. The Balaban J connectivity index is 1.74. The minimum Gasteiger partial charge on any atom is -0.399 e. The molecule has 148 valence electrons. The molecular formula is C23H30BNO3. The molecule has 0 aliphatic carbocycles. The molecule has 1 fully saturated rings. The summed E-state index contributed by atoms with van der Waals surface area (Å²) in [5, 5.41) is 2.97. The maximum absolute atomic E-state index is 12.6. The van der Waals surface area contributed by atoms with Gasteiger partial charge in [-0.1, -0.05) is 45.0 Å². The van der Waals surface area contributed by atoms with Gasteiger partial charge in [-0.3, -0.25) is 4.79 Å². The minimum atomic E-state index is -0.451. The van der Waals surface area contributed by atoms with Gasteiger partial charge in [0.1, 0.15) is 0 Å². The summed E-state index contributed by atoms with van der Waals surface area (Å²) in [7, 11) is -0.451. The molecular weight excluding hydrogens is 349 g/mol. The van der Waals surface area contributed by atoms with Crippen LogP contribution in [0.15, 0.2) is 48.5 Å². The Morgan fingerprint density at radius 1 is 0.929 bits per heavy atom. The number of anilines is 1. The van der Waals surface area contributed by atoms with E-state index in [1.165, 1.54) is 5.56 Å². The Labute approximate surface area is 168 Å². The van der Waals surface area contributed by atoms with Crippen molar-refractivity contribution in [2.24, 2.45) is 0 Å². The number of rotatable bonds is 3. The van der Waals surface area contributed by atoms with E-state index in [1.54, 1.807) is 0 Å². The molecule has 0 saturated carbocycles. The number of hydrogen-bond acceptors (Lipinski definition) is 3. The van der Waals surface area contributed by atoms with Crippen molar-refractivity contribution in [3.05, 3.63) is 59.7 Å². The number of hydrogen-bond donors (Lipinski definition) is 1. The SMILES string of the molecule is CC(C)(C)c1ccc(C(=O)Nc2cccc(B3OC(C)(C)C(C)(C)O3)c2)cc1. The van der Waals surface area contributed by atoms with Crippen molar-refractivity contribution in [3.8, 4) is 0 Å². The van der Waals surface area contributed by atoms with E-state index in [9.17, 15) is 4.79 Å². The van der Waals surface area contributed by atoms with Crippen molar-refractivity contribution >= 4 is 24.2 Å². The van der Waals surface area contributed by atoms with Gasteiger partial charge in [0.2, 0.25) is 0 Å². The lowest BCUT2D eigenvalue weighted by molar-refractivity contribution is 0.00578. The summed E-state index contributed by atoms with van der Waals surface area (Å²) < 4.78 is 12.2. The molecule has 1 heterocycles. The molecule has 0 aromatic heterocycles. The van der Waals surface area contributed by atoms with Crippen LogP contribution in [0.25, 0.3) is 0 Å². The van der Waals surface area contributed by atoms with Crippen molar-refractivity contribution in [1.82, 2.24) is 0 Å². The molecule has 28 heavy (non-hydrogen) atoms. The number of amides is 1. The van der Waals surface area contributed by atoms with Gasteiger partial charge in [0, 0.05) is 11.3 Å². The maximum atomic E-state index is 12.6. The van der Waals surface area contributed by atoms with Crippen LogP contribution in [0.2, 0.25) is 0 Å². The van der Waals surface area contributed by atoms with Crippen LogP contribution in [0, 0.1) is 0 Å². The molecule has 1 N–H and O–H groups in total. The predicted molar refractivity (Wildman–Crippen MR) is 115 cm³/mol. The van der Waals surface area contributed by atoms with Gasteiger partial charge in [-0.25, -0.2) is 0 Å². The summed E-state index contributed by atoms with van der Waals surface area (Å²) in [6.45, 7) is 14.6. The van der Waals surface area contributed by atoms with E-state index in [1.807, 2.05) is 76.2 Å². The molecule has 0 spiro atoms. The average molecular weight is 379 g/mol. The molecule has 2 aromatic rings. The lowest BCUT2D eigenvalue weighted by Crippen LogP contribution is -2.41. The van der Waals surface area contributed by atoms with Gasteiger partial charge in [0.15, 0.2) is 0 Å². The van der Waals surface area contributed by atoms with Crippen LogP contribution in [-0.2, 0) is 14.7 Å². The molecule has 1 aliphatic rings. The van der Waals surface area contributed by atoms with Gasteiger partial charge in [-0.15, -0.1) is 0 Å². The standard InChI is InChI=1S/C23H30BNO3/c1-21(2,3)17-13-11-16(12-14-17)20(26)25-19-10-8-9-18(15-19)24-27-22(4,5)23(6,7)28-24/h8-15H,1-7H3,(H,25,26). The smallest absolute Gasteiger partial charge is 0.399 e. The Morgan fingerprint density at radius 3 is 2.04 bits per heavy atom. The molecule has 3 rings (SSSR count). The van der Waals surface area contributed by atoms with Crippen LogP contribution in [0.1, 0.15) is 64.4 Å². The summed E-state index contributed by atoms with van der Waals surface area (Å²) in [4.78, 5) is 12.6. The quantitative estimate of drug-likeness (QED) is 0.797. The van der Waals surface area contributed by atoms with E-state index >= 15 is 0 Å². The zero-order valence-electron chi connectivity index (χ0n) is 17.9. The second-order valence-electron chi connectivity index (χ2n) is 9.50. The van der Waals surface area contributed by atoms with Crippen molar-refractivity contribution < 1.29 is 14.1 Å². The third-order valence-electron chi connectivity index (χ3n) is 5.68. The van der Waals surface area contributed by atoms with Gasteiger partial charge in [-0.05, 0) is 68.4 Å². The summed E-state index contributed by atoms with van der Waals surface area (Å²) in [6.07, 6.45) is 0. The Hall–Kier alpha value is -2.11. The van der Waals surface area contributed by atoms with Gasteiger partial charge in [-0.2, -0.15) is 0 Å². The first-order valence-corrected chi connectivity index (χ1v) is 9.77. The van der Waals surface area contributed by atoms with Gasteiger partial charge >= 0.3 is 7.12 Å². The largest absolute Gasteiger partial charge is 0.494 e. The van der Waals surface area contributed by atoms with E-state index < -0.39 is 18.3 Å². The van der Waals surface area contributed by atoms with Gasteiger partial charge in [0.05, 0.1) is 11.2 Å². The zero-order valence-corrected chi connectivity index (χ0v) is 17.9. The van der Waals surface area contributed by atoms with Crippen molar-refractivity contribution in [3.63, 3.8) is 0 Å². The van der Waals surface area contributed by atoms with E-state index in [-0.39, 0.29) is 11.3 Å². The van der Waals surface area contributed by atoms with E-state index in [0.29, 0.717) is 5.56 Å². The highest BCUT2D eigenvalue weighted by atomic mass is 16.7. The van der Waals surface area contributed by atoms with Crippen LogP contribution in [0.4, 0.5) is 5.69 Å². The van der Waals surface area contributed by atoms with Crippen LogP contribution in [0.3, 0.4) is 0 Å². The lowest BCUT2D eigenvalue weighted by atomic mass is 9.79. The first-order valence-electron chi connectivity index (χ1n) is 9.77. The highest BCUT2D eigenvalue weighted by molar-refractivity contribution is 6.62. The monoisotopic (exact) mass is 379 g/mol. The normalized spacial score (nSPS) is 18.2.